The molecule has 0 radical (unpaired) electrons. The van der Waals surface area contributed by atoms with E-state index in [1.807, 2.05) is 6.07 Å². The third-order valence-electron chi connectivity index (χ3n) is 4.37. The molecule has 0 aliphatic carbocycles. The maximum Gasteiger partial charge on any atom is 0.331 e. The Kier molecular flexibility index (Phi) is 6.77. The van der Waals surface area contributed by atoms with Crippen LogP contribution in [0.1, 0.15) is 24.5 Å². The van der Waals surface area contributed by atoms with Gasteiger partial charge in [-0.25, -0.2) is 4.79 Å². The standard InChI is InChI=1S/C22H22ClNO5/c1-14-17(23)5-3-6-18(14)24-22(26)15(2)29-21(25)10-8-16-7-9-19-20(13-16)28-12-4-11-27-19/h3,5-10,13,15H,4,11-12H2,1-2H3,(H,24,26)/b10-8+/t15-/m0/s1. The summed E-state index contributed by atoms with van der Waals surface area (Å²) in [5.74, 6) is 0.266. The molecule has 29 heavy (non-hydrogen) atoms. The van der Waals surface area contributed by atoms with Gasteiger partial charge in [0.2, 0.25) is 0 Å². The van der Waals surface area contributed by atoms with Gasteiger partial charge in [0.25, 0.3) is 5.91 Å². The number of carbonyl (C=O) groups is 2. The second-order valence-electron chi connectivity index (χ2n) is 6.57. The molecule has 1 amide bonds. The summed E-state index contributed by atoms with van der Waals surface area (Å²) in [5, 5.41) is 3.26. The molecule has 0 spiro atoms. The molecule has 0 saturated carbocycles. The van der Waals surface area contributed by atoms with Crippen LogP contribution in [0.2, 0.25) is 5.02 Å². The first-order valence-electron chi connectivity index (χ1n) is 9.28. The van der Waals surface area contributed by atoms with Crippen LogP contribution in [0.15, 0.2) is 42.5 Å². The summed E-state index contributed by atoms with van der Waals surface area (Å²) in [6.07, 6.45) is 2.73. The fourth-order valence-corrected chi connectivity index (χ4v) is 2.87. The molecule has 3 rings (SSSR count). The van der Waals surface area contributed by atoms with Gasteiger partial charge in [-0.15, -0.1) is 0 Å². The minimum atomic E-state index is -0.964. The van der Waals surface area contributed by atoms with Crippen molar-refractivity contribution in [3.63, 3.8) is 0 Å². The van der Waals surface area contributed by atoms with Crippen LogP contribution in [0.25, 0.3) is 6.08 Å². The molecule has 152 valence electrons. The van der Waals surface area contributed by atoms with Gasteiger partial charge in [0.1, 0.15) is 0 Å². The number of halogens is 1. The number of hydrogen-bond acceptors (Lipinski definition) is 5. The molecule has 1 aliphatic heterocycles. The molecule has 0 aromatic heterocycles. The lowest BCUT2D eigenvalue weighted by Gasteiger charge is -2.14. The van der Waals surface area contributed by atoms with E-state index in [-0.39, 0.29) is 0 Å². The van der Waals surface area contributed by atoms with Crippen LogP contribution in [0.5, 0.6) is 11.5 Å². The maximum absolute atomic E-state index is 12.3. The van der Waals surface area contributed by atoms with Crippen LogP contribution >= 0.6 is 11.6 Å². The largest absolute Gasteiger partial charge is 0.490 e. The number of hydrogen-bond donors (Lipinski definition) is 1. The smallest absolute Gasteiger partial charge is 0.331 e. The summed E-state index contributed by atoms with van der Waals surface area (Å²) in [7, 11) is 0. The third kappa shape index (κ3) is 5.51. The highest BCUT2D eigenvalue weighted by Crippen LogP contribution is 2.30. The van der Waals surface area contributed by atoms with Crippen molar-refractivity contribution in [3.8, 4) is 11.5 Å². The van der Waals surface area contributed by atoms with E-state index < -0.39 is 18.0 Å². The van der Waals surface area contributed by atoms with Crippen LogP contribution in [0.4, 0.5) is 5.69 Å². The number of esters is 1. The SMILES string of the molecule is Cc1c(Cl)cccc1NC(=O)[C@H](C)OC(=O)/C=C/c1ccc2c(c1)OCCCO2. The van der Waals surface area contributed by atoms with E-state index in [1.165, 1.54) is 13.0 Å². The van der Waals surface area contributed by atoms with E-state index in [0.717, 1.165) is 17.5 Å². The normalized spacial score (nSPS) is 14.2. The quantitative estimate of drug-likeness (QED) is 0.579. The van der Waals surface area contributed by atoms with Crippen molar-refractivity contribution in [1.82, 2.24) is 0 Å². The average molecular weight is 416 g/mol. The number of benzene rings is 2. The van der Waals surface area contributed by atoms with E-state index in [2.05, 4.69) is 5.32 Å². The van der Waals surface area contributed by atoms with Crippen LogP contribution in [-0.2, 0) is 14.3 Å². The Morgan fingerprint density at radius 1 is 1.17 bits per heavy atom. The zero-order valence-corrected chi connectivity index (χ0v) is 17.0. The van der Waals surface area contributed by atoms with E-state index in [0.29, 0.717) is 35.4 Å². The summed E-state index contributed by atoms with van der Waals surface area (Å²) in [4.78, 5) is 24.4. The first kappa shape index (κ1) is 20.7. The average Bonchev–Trinajstić information content (AvgIpc) is 2.94. The second-order valence-corrected chi connectivity index (χ2v) is 6.98. The summed E-state index contributed by atoms with van der Waals surface area (Å²) < 4.78 is 16.4. The van der Waals surface area contributed by atoms with Crippen molar-refractivity contribution >= 4 is 35.2 Å². The molecule has 6 nitrogen and oxygen atoms in total. The number of anilines is 1. The fourth-order valence-electron chi connectivity index (χ4n) is 2.69. The monoisotopic (exact) mass is 415 g/mol. The zero-order valence-electron chi connectivity index (χ0n) is 16.2. The van der Waals surface area contributed by atoms with Crippen molar-refractivity contribution in [2.45, 2.75) is 26.4 Å². The van der Waals surface area contributed by atoms with Gasteiger partial charge in [0.05, 0.1) is 13.2 Å². The molecular weight excluding hydrogens is 394 g/mol. The molecule has 7 heteroatoms. The van der Waals surface area contributed by atoms with Gasteiger partial charge >= 0.3 is 5.97 Å². The van der Waals surface area contributed by atoms with Crippen LogP contribution in [0.3, 0.4) is 0 Å². The first-order chi connectivity index (χ1) is 13.9. The Labute approximate surface area is 174 Å². The Bertz CT molecular complexity index is 941. The minimum absolute atomic E-state index is 0.437. The Morgan fingerprint density at radius 2 is 1.93 bits per heavy atom. The van der Waals surface area contributed by atoms with Gasteiger partial charge in [0.15, 0.2) is 17.6 Å². The number of rotatable bonds is 5. The number of fused-ring (bicyclic) bond motifs is 1. The van der Waals surface area contributed by atoms with E-state index in [1.54, 1.807) is 43.3 Å². The fraction of sp³-hybridized carbons (Fsp3) is 0.273. The van der Waals surface area contributed by atoms with Crippen molar-refractivity contribution in [1.29, 1.82) is 0 Å². The lowest BCUT2D eigenvalue weighted by molar-refractivity contribution is -0.148. The summed E-state index contributed by atoms with van der Waals surface area (Å²) >= 11 is 6.05. The molecule has 0 unspecified atom stereocenters. The topological polar surface area (TPSA) is 73.9 Å². The van der Waals surface area contributed by atoms with Crippen molar-refractivity contribution < 1.29 is 23.8 Å². The number of nitrogens with one attached hydrogen (secondary N) is 1. The first-order valence-corrected chi connectivity index (χ1v) is 9.66. The Balaban J connectivity index is 1.57. The van der Waals surface area contributed by atoms with Crippen LogP contribution in [0, 0.1) is 6.92 Å². The van der Waals surface area contributed by atoms with Crippen molar-refractivity contribution in [2.75, 3.05) is 18.5 Å². The van der Waals surface area contributed by atoms with Gasteiger partial charge in [-0.1, -0.05) is 23.7 Å². The van der Waals surface area contributed by atoms with E-state index in [9.17, 15) is 9.59 Å². The molecule has 2 aromatic rings. The van der Waals surface area contributed by atoms with Gasteiger partial charge in [0, 0.05) is 23.2 Å². The highest BCUT2D eigenvalue weighted by Gasteiger charge is 2.18. The number of ether oxygens (including phenoxy) is 3. The lowest BCUT2D eigenvalue weighted by Crippen LogP contribution is -2.29. The highest BCUT2D eigenvalue weighted by molar-refractivity contribution is 6.31. The van der Waals surface area contributed by atoms with Crippen molar-refractivity contribution in [3.05, 3.63) is 58.6 Å². The highest BCUT2D eigenvalue weighted by atomic mass is 35.5. The maximum atomic E-state index is 12.3. The lowest BCUT2D eigenvalue weighted by atomic mass is 10.2. The Morgan fingerprint density at radius 3 is 2.72 bits per heavy atom. The summed E-state index contributed by atoms with van der Waals surface area (Å²) in [6.45, 7) is 4.51. The zero-order chi connectivity index (χ0) is 20.8. The van der Waals surface area contributed by atoms with Crippen LogP contribution < -0.4 is 14.8 Å². The molecule has 2 aromatic carbocycles. The minimum Gasteiger partial charge on any atom is -0.490 e. The predicted octanol–water partition coefficient (Wildman–Crippen LogP) is 4.39. The Hall–Kier alpha value is -2.99. The molecule has 0 fully saturated rings. The van der Waals surface area contributed by atoms with Crippen LogP contribution in [-0.4, -0.2) is 31.2 Å². The molecule has 0 bridgehead atoms. The van der Waals surface area contributed by atoms with E-state index in [4.69, 9.17) is 25.8 Å². The van der Waals surface area contributed by atoms with Gasteiger partial charge < -0.3 is 19.5 Å². The van der Waals surface area contributed by atoms with Gasteiger partial charge in [-0.3, -0.25) is 4.79 Å². The van der Waals surface area contributed by atoms with E-state index >= 15 is 0 Å². The molecule has 1 N–H and O–H groups in total. The molecular formula is C22H22ClNO5. The van der Waals surface area contributed by atoms with Gasteiger partial charge in [-0.05, 0) is 55.3 Å². The third-order valence-corrected chi connectivity index (χ3v) is 4.78. The van der Waals surface area contributed by atoms with Gasteiger partial charge in [-0.2, -0.15) is 0 Å². The summed E-state index contributed by atoms with van der Waals surface area (Å²) in [5.41, 5.74) is 2.08. The number of carbonyl (C=O) groups excluding carboxylic acids is 2. The summed E-state index contributed by atoms with van der Waals surface area (Å²) in [6, 6.07) is 10.6. The molecule has 1 heterocycles. The van der Waals surface area contributed by atoms with Crippen molar-refractivity contribution in [2.24, 2.45) is 0 Å². The number of amides is 1. The second kappa shape index (κ2) is 9.47. The molecule has 1 aliphatic rings. The molecule has 1 atom stereocenters. The molecule has 0 saturated heterocycles. The predicted molar refractivity (Wildman–Crippen MR) is 111 cm³/mol.